The first-order valence-corrected chi connectivity index (χ1v) is 9.98. The van der Waals surface area contributed by atoms with Gasteiger partial charge in [-0.05, 0) is 30.7 Å². The summed E-state index contributed by atoms with van der Waals surface area (Å²) in [5, 5.41) is 6.22. The van der Waals surface area contributed by atoms with Gasteiger partial charge >= 0.3 is 5.97 Å². The lowest BCUT2D eigenvalue weighted by molar-refractivity contribution is -0.150. The molecule has 1 heterocycles. The highest BCUT2D eigenvalue weighted by Crippen LogP contribution is 2.23. The number of ether oxygens (including phenoxy) is 2. The molecule has 0 aliphatic carbocycles. The summed E-state index contributed by atoms with van der Waals surface area (Å²) in [6, 6.07) is 13.7. The van der Waals surface area contributed by atoms with Crippen molar-refractivity contribution in [2.75, 3.05) is 18.5 Å². The van der Waals surface area contributed by atoms with Crippen molar-refractivity contribution < 1.29 is 23.9 Å². The van der Waals surface area contributed by atoms with E-state index in [-0.39, 0.29) is 12.3 Å². The zero-order valence-electron chi connectivity index (χ0n) is 17.4. The van der Waals surface area contributed by atoms with Gasteiger partial charge in [0.25, 0.3) is 5.91 Å². The summed E-state index contributed by atoms with van der Waals surface area (Å²) in [5.41, 5.74) is 2.28. The number of H-pyrrole nitrogens is 1. The topological polar surface area (TPSA) is 110 Å². The highest BCUT2D eigenvalue weighted by molar-refractivity contribution is 5.95. The Morgan fingerprint density at radius 2 is 1.81 bits per heavy atom. The van der Waals surface area contributed by atoms with Gasteiger partial charge in [-0.25, -0.2) is 4.79 Å². The smallest absolute Gasteiger partial charge is 0.329 e. The zero-order valence-corrected chi connectivity index (χ0v) is 17.4. The van der Waals surface area contributed by atoms with Crippen LogP contribution in [0.15, 0.2) is 54.7 Å². The number of carbonyl (C=O) groups is 3. The van der Waals surface area contributed by atoms with E-state index in [0.717, 1.165) is 16.5 Å². The number of fused-ring (bicyclic) bond motifs is 1. The van der Waals surface area contributed by atoms with Crippen molar-refractivity contribution in [2.45, 2.75) is 26.3 Å². The summed E-state index contributed by atoms with van der Waals surface area (Å²) in [4.78, 5) is 39.6. The van der Waals surface area contributed by atoms with Crippen molar-refractivity contribution in [1.82, 2.24) is 10.3 Å². The van der Waals surface area contributed by atoms with Crippen LogP contribution >= 0.6 is 0 Å². The molecule has 3 N–H and O–H groups in total. The first-order chi connectivity index (χ1) is 15.0. The third kappa shape index (κ3) is 5.85. The van der Waals surface area contributed by atoms with E-state index in [2.05, 4.69) is 15.6 Å². The number of anilines is 1. The number of esters is 1. The van der Waals surface area contributed by atoms with Crippen LogP contribution in [0.4, 0.5) is 5.69 Å². The second kappa shape index (κ2) is 10.3. The van der Waals surface area contributed by atoms with Crippen LogP contribution in [0.25, 0.3) is 10.9 Å². The van der Waals surface area contributed by atoms with Crippen molar-refractivity contribution in [3.63, 3.8) is 0 Å². The molecule has 8 nitrogen and oxygen atoms in total. The van der Waals surface area contributed by atoms with Gasteiger partial charge in [0.2, 0.25) is 5.91 Å². The van der Waals surface area contributed by atoms with Crippen molar-refractivity contribution in [1.29, 1.82) is 0 Å². The van der Waals surface area contributed by atoms with Crippen LogP contribution in [0.2, 0.25) is 0 Å². The lowest BCUT2D eigenvalue weighted by Crippen LogP contribution is -2.43. The molecule has 1 atom stereocenters. The molecule has 2 aromatic carbocycles. The quantitative estimate of drug-likeness (QED) is 0.459. The van der Waals surface area contributed by atoms with Gasteiger partial charge in [0.15, 0.2) is 6.61 Å². The summed E-state index contributed by atoms with van der Waals surface area (Å²) in [7, 11) is 0. The standard InChI is InChI=1S/C23H25N3O5/c1-3-30-21-11-7-6-10-19(21)26-22(28)14-31-23(29)20(25-15(2)27)12-16-13-24-18-9-5-4-8-17(16)18/h4-11,13,20,24H,3,12,14H2,1-2H3,(H,25,27)(H,26,28). The Morgan fingerprint density at radius 3 is 2.58 bits per heavy atom. The van der Waals surface area contributed by atoms with E-state index in [1.54, 1.807) is 30.5 Å². The Bertz CT molecular complexity index is 1080. The van der Waals surface area contributed by atoms with Gasteiger partial charge in [-0.1, -0.05) is 30.3 Å². The Kier molecular flexibility index (Phi) is 7.26. The van der Waals surface area contributed by atoms with Gasteiger partial charge in [-0.3, -0.25) is 9.59 Å². The number of aromatic amines is 1. The highest BCUT2D eigenvalue weighted by Gasteiger charge is 2.24. The van der Waals surface area contributed by atoms with E-state index < -0.39 is 24.5 Å². The molecule has 0 fully saturated rings. The number of amides is 2. The Morgan fingerprint density at radius 1 is 1.06 bits per heavy atom. The molecule has 0 saturated heterocycles. The second-order valence-corrected chi connectivity index (χ2v) is 6.90. The Balaban J connectivity index is 1.63. The van der Waals surface area contributed by atoms with Gasteiger partial charge in [0.1, 0.15) is 11.8 Å². The number of rotatable bonds is 9. The minimum atomic E-state index is -0.916. The van der Waals surface area contributed by atoms with Crippen molar-refractivity contribution in [2.24, 2.45) is 0 Å². The fraction of sp³-hybridized carbons (Fsp3) is 0.261. The van der Waals surface area contributed by atoms with Crippen LogP contribution in [0, 0.1) is 0 Å². The Hall–Kier alpha value is -3.81. The maximum absolute atomic E-state index is 12.6. The summed E-state index contributed by atoms with van der Waals surface area (Å²) in [6.07, 6.45) is 2.03. The van der Waals surface area contributed by atoms with E-state index in [9.17, 15) is 14.4 Å². The van der Waals surface area contributed by atoms with Gasteiger partial charge in [0.05, 0.1) is 12.3 Å². The van der Waals surface area contributed by atoms with E-state index in [4.69, 9.17) is 9.47 Å². The lowest BCUT2D eigenvalue weighted by Gasteiger charge is -2.17. The number of aromatic nitrogens is 1. The molecule has 0 aliphatic heterocycles. The molecule has 0 spiro atoms. The van der Waals surface area contributed by atoms with E-state index in [1.807, 2.05) is 31.2 Å². The lowest BCUT2D eigenvalue weighted by atomic mass is 10.0. The number of nitrogens with one attached hydrogen (secondary N) is 3. The van der Waals surface area contributed by atoms with Gasteiger partial charge in [-0.2, -0.15) is 0 Å². The average Bonchev–Trinajstić information content (AvgIpc) is 3.16. The summed E-state index contributed by atoms with van der Waals surface area (Å²) < 4.78 is 10.6. The first-order valence-electron chi connectivity index (χ1n) is 9.98. The van der Waals surface area contributed by atoms with E-state index in [0.29, 0.717) is 18.0 Å². The summed E-state index contributed by atoms with van der Waals surface area (Å²) >= 11 is 0. The Labute approximate surface area is 179 Å². The molecule has 0 bridgehead atoms. The molecule has 0 aliphatic rings. The monoisotopic (exact) mass is 423 g/mol. The molecule has 1 unspecified atom stereocenters. The second-order valence-electron chi connectivity index (χ2n) is 6.90. The molecule has 3 aromatic rings. The largest absolute Gasteiger partial charge is 0.492 e. The van der Waals surface area contributed by atoms with E-state index in [1.165, 1.54) is 6.92 Å². The molecular formula is C23H25N3O5. The van der Waals surface area contributed by atoms with Crippen LogP contribution in [-0.2, 0) is 25.5 Å². The van der Waals surface area contributed by atoms with Gasteiger partial charge in [0, 0.05) is 30.4 Å². The normalized spacial score (nSPS) is 11.5. The third-order valence-electron chi connectivity index (χ3n) is 4.57. The molecule has 0 saturated carbocycles. The van der Waals surface area contributed by atoms with Crippen molar-refractivity contribution in [3.8, 4) is 5.75 Å². The van der Waals surface area contributed by atoms with Crippen LogP contribution in [0.5, 0.6) is 5.75 Å². The molecule has 8 heteroatoms. The number of para-hydroxylation sites is 3. The van der Waals surface area contributed by atoms with E-state index >= 15 is 0 Å². The first kappa shape index (κ1) is 21.9. The molecule has 3 rings (SSSR count). The minimum Gasteiger partial charge on any atom is -0.492 e. The zero-order chi connectivity index (χ0) is 22.2. The van der Waals surface area contributed by atoms with Crippen LogP contribution in [0.3, 0.4) is 0 Å². The van der Waals surface area contributed by atoms with Crippen molar-refractivity contribution in [3.05, 3.63) is 60.3 Å². The minimum absolute atomic E-state index is 0.233. The molecule has 2 amide bonds. The predicted molar refractivity (Wildman–Crippen MR) is 117 cm³/mol. The third-order valence-corrected chi connectivity index (χ3v) is 4.57. The van der Waals surface area contributed by atoms with Gasteiger partial charge < -0.3 is 25.1 Å². The number of carbonyl (C=O) groups excluding carboxylic acids is 3. The van der Waals surface area contributed by atoms with Crippen LogP contribution in [0.1, 0.15) is 19.4 Å². The number of benzene rings is 2. The summed E-state index contributed by atoms with van der Waals surface area (Å²) in [6.45, 7) is 3.14. The maximum atomic E-state index is 12.6. The maximum Gasteiger partial charge on any atom is 0.329 e. The van der Waals surface area contributed by atoms with Gasteiger partial charge in [-0.15, -0.1) is 0 Å². The molecular weight excluding hydrogens is 398 g/mol. The molecule has 162 valence electrons. The summed E-state index contributed by atoms with van der Waals surface area (Å²) in [5.74, 6) is -1.03. The molecule has 1 aromatic heterocycles. The fourth-order valence-electron chi connectivity index (χ4n) is 3.23. The fourth-order valence-corrected chi connectivity index (χ4v) is 3.23. The van der Waals surface area contributed by atoms with Crippen molar-refractivity contribution >= 4 is 34.4 Å². The average molecular weight is 423 g/mol. The number of hydrogen-bond donors (Lipinski definition) is 3. The SMILES string of the molecule is CCOc1ccccc1NC(=O)COC(=O)C(Cc1c[nH]c2ccccc12)NC(C)=O. The molecule has 0 radical (unpaired) electrons. The molecule has 31 heavy (non-hydrogen) atoms. The number of hydrogen-bond acceptors (Lipinski definition) is 5. The van der Waals surface area contributed by atoms with Crippen LogP contribution < -0.4 is 15.4 Å². The van der Waals surface area contributed by atoms with Crippen LogP contribution in [-0.4, -0.2) is 42.0 Å². The highest BCUT2D eigenvalue weighted by atomic mass is 16.5. The predicted octanol–water partition coefficient (Wildman–Crippen LogP) is 2.80.